The molecular formula is C25H32FN3O. The van der Waals surface area contributed by atoms with Crippen LogP contribution in [0.15, 0.2) is 54.6 Å². The second kappa shape index (κ2) is 8.86. The smallest absolute Gasteiger partial charge is 0.239 e. The average Bonchev–Trinajstić information content (AvgIpc) is 3.55. The molecule has 0 bridgehead atoms. The topological polar surface area (TPSA) is 58.4 Å². The molecule has 2 aromatic carbocycles. The predicted octanol–water partition coefficient (Wildman–Crippen LogP) is 3.47. The van der Waals surface area contributed by atoms with E-state index in [1.165, 1.54) is 24.1 Å². The molecule has 1 heterocycles. The number of carbonyl (C=O) groups is 1. The van der Waals surface area contributed by atoms with Crippen molar-refractivity contribution in [1.29, 1.82) is 0 Å². The third-order valence-electron chi connectivity index (χ3n) is 6.78. The number of piperidine rings is 1. The summed E-state index contributed by atoms with van der Waals surface area (Å²) in [4.78, 5) is 14.2. The van der Waals surface area contributed by atoms with E-state index in [0.29, 0.717) is 12.0 Å². The highest BCUT2D eigenvalue weighted by atomic mass is 19.1. The minimum Gasteiger partial charge on any atom is -0.341 e. The Balaban J connectivity index is 1.42. The van der Waals surface area contributed by atoms with Crippen LogP contribution in [0.5, 0.6) is 0 Å². The Bertz CT molecular complexity index is 844. The van der Waals surface area contributed by atoms with Gasteiger partial charge in [-0.25, -0.2) is 4.39 Å². The molecule has 160 valence electrons. The number of nitrogens with two attached hydrogens (primary N) is 1. The zero-order valence-electron chi connectivity index (χ0n) is 17.7. The monoisotopic (exact) mass is 409 g/mol. The Morgan fingerprint density at radius 2 is 1.83 bits per heavy atom. The van der Waals surface area contributed by atoms with Crippen LogP contribution in [0.4, 0.5) is 4.39 Å². The highest BCUT2D eigenvalue weighted by Gasteiger charge is 2.42. The van der Waals surface area contributed by atoms with E-state index in [9.17, 15) is 9.18 Å². The number of carbonyl (C=O) groups excluding carboxylic acids is 1. The maximum Gasteiger partial charge on any atom is 0.239 e. The molecule has 0 spiro atoms. The van der Waals surface area contributed by atoms with Crippen LogP contribution < -0.4 is 11.1 Å². The molecular weight excluding hydrogens is 377 g/mol. The molecule has 1 saturated carbocycles. The molecule has 1 aliphatic heterocycles. The van der Waals surface area contributed by atoms with E-state index in [-0.39, 0.29) is 17.1 Å². The summed E-state index contributed by atoms with van der Waals surface area (Å²) < 4.78 is 13.4. The van der Waals surface area contributed by atoms with Gasteiger partial charge in [-0.2, -0.15) is 0 Å². The SMILES string of the molecule is C[C@@H](N)C(=O)N1CCC(CN[C@@H]2C[C@H]2c2ccccc2)(Cc2ccc(F)cc2)CC1. The van der Waals surface area contributed by atoms with Crippen molar-refractivity contribution in [3.8, 4) is 0 Å². The Kier molecular flexibility index (Phi) is 6.21. The number of benzene rings is 2. The van der Waals surface area contributed by atoms with Gasteiger partial charge in [0.25, 0.3) is 0 Å². The van der Waals surface area contributed by atoms with Gasteiger partial charge in [-0.15, -0.1) is 0 Å². The van der Waals surface area contributed by atoms with Gasteiger partial charge in [0.15, 0.2) is 0 Å². The third-order valence-corrected chi connectivity index (χ3v) is 6.78. The zero-order valence-corrected chi connectivity index (χ0v) is 17.7. The Hall–Kier alpha value is -2.24. The first kappa shape index (κ1) is 21.0. The van der Waals surface area contributed by atoms with E-state index in [1.807, 2.05) is 17.0 Å². The lowest BCUT2D eigenvalue weighted by molar-refractivity contribution is -0.134. The van der Waals surface area contributed by atoms with Gasteiger partial charge >= 0.3 is 0 Å². The van der Waals surface area contributed by atoms with Crippen molar-refractivity contribution in [2.45, 2.75) is 50.6 Å². The van der Waals surface area contributed by atoms with Crippen molar-refractivity contribution in [1.82, 2.24) is 10.2 Å². The number of halogens is 1. The van der Waals surface area contributed by atoms with Gasteiger partial charge in [0.05, 0.1) is 6.04 Å². The van der Waals surface area contributed by atoms with Crippen molar-refractivity contribution < 1.29 is 9.18 Å². The van der Waals surface area contributed by atoms with Crippen molar-refractivity contribution in [3.63, 3.8) is 0 Å². The number of hydrogen-bond donors (Lipinski definition) is 2. The second-order valence-electron chi connectivity index (χ2n) is 9.16. The van der Waals surface area contributed by atoms with Crippen LogP contribution in [0.1, 0.15) is 43.2 Å². The van der Waals surface area contributed by atoms with Crippen molar-refractivity contribution in [2.75, 3.05) is 19.6 Å². The largest absolute Gasteiger partial charge is 0.341 e. The van der Waals surface area contributed by atoms with Crippen LogP contribution in [0, 0.1) is 11.2 Å². The summed E-state index contributed by atoms with van der Waals surface area (Å²) >= 11 is 0. The van der Waals surface area contributed by atoms with E-state index in [0.717, 1.165) is 44.5 Å². The van der Waals surface area contributed by atoms with E-state index in [4.69, 9.17) is 5.73 Å². The first-order chi connectivity index (χ1) is 14.5. The number of rotatable bonds is 7. The minimum absolute atomic E-state index is 0.0321. The lowest BCUT2D eigenvalue weighted by Crippen LogP contribution is -2.51. The molecule has 2 aromatic rings. The van der Waals surface area contributed by atoms with Crippen LogP contribution in [-0.2, 0) is 11.2 Å². The van der Waals surface area contributed by atoms with Crippen LogP contribution in [-0.4, -0.2) is 42.5 Å². The molecule has 4 nitrogen and oxygen atoms in total. The van der Waals surface area contributed by atoms with Gasteiger partial charge in [-0.3, -0.25) is 4.79 Å². The molecule has 2 aliphatic rings. The summed E-state index contributed by atoms with van der Waals surface area (Å²) in [5.41, 5.74) is 8.43. The molecule has 2 fully saturated rings. The van der Waals surface area contributed by atoms with E-state index in [1.54, 1.807) is 6.92 Å². The molecule has 1 aliphatic carbocycles. The Morgan fingerprint density at radius 3 is 2.47 bits per heavy atom. The van der Waals surface area contributed by atoms with Gasteiger partial charge in [0.2, 0.25) is 5.91 Å². The second-order valence-corrected chi connectivity index (χ2v) is 9.16. The highest BCUT2D eigenvalue weighted by Crippen LogP contribution is 2.42. The molecule has 0 unspecified atom stereocenters. The number of hydrogen-bond acceptors (Lipinski definition) is 3. The third kappa shape index (κ3) is 4.90. The zero-order chi connectivity index (χ0) is 21.1. The van der Waals surface area contributed by atoms with Gasteiger partial charge < -0.3 is 16.0 Å². The first-order valence-electron chi connectivity index (χ1n) is 11.0. The summed E-state index contributed by atoms with van der Waals surface area (Å²) in [6, 6.07) is 17.6. The normalized spacial score (nSPS) is 23.8. The minimum atomic E-state index is -0.453. The van der Waals surface area contributed by atoms with Crippen LogP contribution in [0.3, 0.4) is 0 Å². The molecule has 1 amide bonds. The van der Waals surface area contributed by atoms with Gasteiger partial charge in [-0.05, 0) is 61.3 Å². The van der Waals surface area contributed by atoms with E-state index in [2.05, 4.69) is 35.6 Å². The molecule has 4 rings (SSSR count). The summed E-state index contributed by atoms with van der Waals surface area (Å²) in [6.45, 7) is 4.13. The summed E-state index contributed by atoms with van der Waals surface area (Å²) in [6.07, 6.45) is 3.92. The quantitative estimate of drug-likeness (QED) is 0.736. The van der Waals surface area contributed by atoms with Crippen LogP contribution >= 0.6 is 0 Å². The number of nitrogens with one attached hydrogen (secondary N) is 1. The van der Waals surface area contributed by atoms with Crippen LogP contribution in [0.2, 0.25) is 0 Å². The lowest BCUT2D eigenvalue weighted by atomic mass is 9.73. The Labute approximate surface area is 178 Å². The molecule has 3 atom stereocenters. The first-order valence-corrected chi connectivity index (χ1v) is 11.0. The Morgan fingerprint density at radius 1 is 1.17 bits per heavy atom. The fourth-order valence-electron chi connectivity index (χ4n) is 4.78. The number of likely N-dealkylation sites (tertiary alicyclic amines) is 1. The molecule has 0 radical (unpaired) electrons. The fourth-order valence-corrected chi connectivity index (χ4v) is 4.78. The molecule has 3 N–H and O–H groups in total. The van der Waals surface area contributed by atoms with E-state index >= 15 is 0 Å². The van der Waals surface area contributed by atoms with Crippen LogP contribution in [0.25, 0.3) is 0 Å². The lowest BCUT2D eigenvalue weighted by Gasteiger charge is -2.43. The molecule has 30 heavy (non-hydrogen) atoms. The van der Waals surface area contributed by atoms with Gasteiger partial charge in [0.1, 0.15) is 5.82 Å². The number of amides is 1. The standard InChI is InChI=1S/C25H32FN3O/c1-18(27)24(30)29-13-11-25(12-14-29,16-19-7-9-21(26)10-8-19)17-28-23-15-22(23)20-5-3-2-4-6-20/h2-10,18,22-23,28H,11-17,27H2,1H3/t18-,22+,23-/m1/s1. The van der Waals surface area contributed by atoms with Crippen molar-refractivity contribution in [3.05, 3.63) is 71.5 Å². The van der Waals surface area contributed by atoms with Crippen molar-refractivity contribution >= 4 is 5.91 Å². The number of nitrogens with zero attached hydrogens (tertiary/aromatic N) is 1. The average molecular weight is 410 g/mol. The van der Waals surface area contributed by atoms with Crippen molar-refractivity contribution in [2.24, 2.45) is 11.1 Å². The molecule has 5 heteroatoms. The van der Waals surface area contributed by atoms with Gasteiger partial charge in [-0.1, -0.05) is 42.5 Å². The maximum atomic E-state index is 13.4. The predicted molar refractivity (Wildman–Crippen MR) is 118 cm³/mol. The van der Waals surface area contributed by atoms with Gasteiger partial charge in [0, 0.05) is 31.6 Å². The summed E-state index contributed by atoms with van der Waals surface area (Å²) in [5.74, 6) is 0.422. The van der Waals surface area contributed by atoms with E-state index < -0.39 is 6.04 Å². The molecule has 0 aromatic heterocycles. The summed E-state index contributed by atoms with van der Waals surface area (Å²) in [5, 5.41) is 3.81. The summed E-state index contributed by atoms with van der Waals surface area (Å²) in [7, 11) is 0. The highest BCUT2D eigenvalue weighted by molar-refractivity contribution is 5.81. The fraction of sp³-hybridized carbons (Fsp3) is 0.480. The molecule has 1 saturated heterocycles. The maximum absolute atomic E-state index is 13.4.